The second kappa shape index (κ2) is 5.82. The molecule has 120 valence electrons. The van der Waals surface area contributed by atoms with Gasteiger partial charge in [-0.3, -0.25) is 4.90 Å². The molecule has 1 aliphatic carbocycles. The molecule has 2 aliphatic rings. The van der Waals surface area contributed by atoms with Crippen LogP contribution in [0.1, 0.15) is 45.2 Å². The van der Waals surface area contributed by atoms with E-state index in [0.29, 0.717) is 17.7 Å². The van der Waals surface area contributed by atoms with Gasteiger partial charge in [0, 0.05) is 12.6 Å². The molecule has 1 N–H and O–H groups in total. The molecule has 1 aromatic carbocycles. The molecule has 1 fully saturated rings. The first kappa shape index (κ1) is 16.3. The number of hydrogen-bond donors (Lipinski definition) is 1. The van der Waals surface area contributed by atoms with Gasteiger partial charge in [0.2, 0.25) is 0 Å². The summed E-state index contributed by atoms with van der Waals surface area (Å²) in [4.78, 5) is 2.65. The van der Waals surface area contributed by atoms with E-state index in [1.807, 2.05) is 6.07 Å². The topological polar surface area (TPSA) is 23.5 Å². The molecular weight excluding hydrogens is 385 g/mol. The minimum absolute atomic E-state index is 0.196. The standard InChI is InChI=1S/C19H26INO/c1-12(2)5-7-21-8-6-19(4)13(3)17(21)10-14-9-16(20)18(22)11-15(14)19/h5,9,11,13,17,22H,6-8,10H2,1-4H3/t13?,17-,19-/m1/s1. The lowest BCUT2D eigenvalue weighted by Crippen LogP contribution is -2.57. The Morgan fingerprint density at radius 1 is 1.45 bits per heavy atom. The van der Waals surface area contributed by atoms with E-state index in [9.17, 15) is 5.11 Å². The highest BCUT2D eigenvalue weighted by molar-refractivity contribution is 14.1. The zero-order chi connectivity index (χ0) is 16.1. The van der Waals surface area contributed by atoms with E-state index in [-0.39, 0.29) is 5.41 Å². The summed E-state index contributed by atoms with van der Waals surface area (Å²) in [6, 6.07) is 4.85. The van der Waals surface area contributed by atoms with Gasteiger partial charge in [0.1, 0.15) is 5.75 Å². The van der Waals surface area contributed by atoms with Gasteiger partial charge in [-0.2, -0.15) is 0 Å². The van der Waals surface area contributed by atoms with Crippen LogP contribution in [0.3, 0.4) is 0 Å². The molecule has 0 aromatic heterocycles. The summed E-state index contributed by atoms with van der Waals surface area (Å²) in [5.74, 6) is 1.07. The molecular formula is C19H26INO. The van der Waals surface area contributed by atoms with Crippen LogP contribution in [0, 0.1) is 9.49 Å². The van der Waals surface area contributed by atoms with Gasteiger partial charge in [-0.15, -0.1) is 0 Å². The van der Waals surface area contributed by atoms with Crippen molar-refractivity contribution in [2.45, 2.75) is 52.0 Å². The highest BCUT2D eigenvalue weighted by Gasteiger charge is 2.48. The predicted octanol–water partition coefficient (Wildman–Crippen LogP) is 4.49. The van der Waals surface area contributed by atoms with Crippen molar-refractivity contribution < 1.29 is 5.11 Å². The van der Waals surface area contributed by atoms with E-state index >= 15 is 0 Å². The first-order valence-electron chi connectivity index (χ1n) is 8.22. The summed E-state index contributed by atoms with van der Waals surface area (Å²) in [5, 5.41) is 10.1. The minimum atomic E-state index is 0.196. The summed E-state index contributed by atoms with van der Waals surface area (Å²) >= 11 is 2.24. The van der Waals surface area contributed by atoms with Crippen LogP contribution in [0.25, 0.3) is 0 Å². The number of halogens is 1. The number of rotatable bonds is 2. The summed E-state index contributed by atoms with van der Waals surface area (Å²) < 4.78 is 0.975. The van der Waals surface area contributed by atoms with Crippen molar-refractivity contribution in [1.82, 2.24) is 4.90 Å². The highest BCUT2D eigenvalue weighted by atomic mass is 127. The van der Waals surface area contributed by atoms with E-state index in [0.717, 1.165) is 23.1 Å². The number of phenols is 1. The number of likely N-dealkylation sites (tertiary alicyclic amines) is 1. The van der Waals surface area contributed by atoms with Crippen LogP contribution in [-0.4, -0.2) is 29.1 Å². The number of piperidine rings is 1. The fourth-order valence-corrected chi connectivity index (χ4v) is 4.78. The molecule has 0 saturated carbocycles. The zero-order valence-corrected chi connectivity index (χ0v) is 16.1. The van der Waals surface area contributed by atoms with Crippen molar-refractivity contribution in [3.05, 3.63) is 38.5 Å². The number of fused-ring (bicyclic) bond motifs is 4. The van der Waals surface area contributed by atoms with Gasteiger partial charge in [0.25, 0.3) is 0 Å². The Kier molecular flexibility index (Phi) is 4.32. The van der Waals surface area contributed by atoms with Gasteiger partial charge in [-0.05, 0) is 90.4 Å². The molecule has 0 radical (unpaired) electrons. The lowest BCUT2D eigenvalue weighted by Gasteiger charge is -2.54. The zero-order valence-electron chi connectivity index (χ0n) is 14.0. The van der Waals surface area contributed by atoms with E-state index in [2.05, 4.69) is 67.3 Å². The molecule has 3 atom stereocenters. The molecule has 1 heterocycles. The third-order valence-corrected chi connectivity index (χ3v) is 6.78. The maximum atomic E-state index is 10.1. The molecule has 0 amide bonds. The summed E-state index contributed by atoms with van der Waals surface area (Å²) in [7, 11) is 0. The van der Waals surface area contributed by atoms with Crippen molar-refractivity contribution in [2.24, 2.45) is 5.92 Å². The van der Waals surface area contributed by atoms with Crippen molar-refractivity contribution in [2.75, 3.05) is 13.1 Å². The minimum Gasteiger partial charge on any atom is -0.507 e. The van der Waals surface area contributed by atoms with Crippen molar-refractivity contribution >= 4 is 22.6 Å². The molecule has 0 spiro atoms. The Bertz CT molecular complexity index is 620. The van der Waals surface area contributed by atoms with Gasteiger partial charge in [-0.25, -0.2) is 0 Å². The quantitative estimate of drug-likeness (QED) is 0.573. The predicted molar refractivity (Wildman–Crippen MR) is 100 cm³/mol. The van der Waals surface area contributed by atoms with Crippen LogP contribution in [0.2, 0.25) is 0 Å². The van der Waals surface area contributed by atoms with Crippen molar-refractivity contribution in [3.63, 3.8) is 0 Å². The van der Waals surface area contributed by atoms with Crippen LogP contribution in [0.5, 0.6) is 5.75 Å². The van der Waals surface area contributed by atoms with E-state index in [1.165, 1.54) is 23.1 Å². The number of hydrogen-bond acceptors (Lipinski definition) is 2. The van der Waals surface area contributed by atoms with Crippen LogP contribution < -0.4 is 0 Å². The molecule has 1 aliphatic heterocycles. The fraction of sp³-hybridized carbons (Fsp3) is 0.579. The number of allylic oxidation sites excluding steroid dienone is 1. The maximum absolute atomic E-state index is 10.1. The smallest absolute Gasteiger partial charge is 0.129 e. The van der Waals surface area contributed by atoms with Gasteiger partial charge < -0.3 is 5.11 Å². The SMILES string of the molecule is CC(C)=CCN1CC[C@@]2(C)c3cc(O)c(I)cc3C[C@@H]1C2C. The lowest BCUT2D eigenvalue weighted by atomic mass is 9.59. The van der Waals surface area contributed by atoms with Crippen LogP contribution >= 0.6 is 22.6 Å². The molecule has 2 nitrogen and oxygen atoms in total. The van der Waals surface area contributed by atoms with Crippen LogP contribution in [0.15, 0.2) is 23.8 Å². The molecule has 1 unspecified atom stereocenters. The van der Waals surface area contributed by atoms with Crippen LogP contribution in [0.4, 0.5) is 0 Å². The van der Waals surface area contributed by atoms with E-state index in [1.54, 1.807) is 0 Å². The average molecular weight is 411 g/mol. The van der Waals surface area contributed by atoms with Gasteiger partial charge in [0.15, 0.2) is 0 Å². The molecule has 1 saturated heterocycles. The Balaban J connectivity index is 1.99. The normalized spacial score (nSPS) is 30.8. The molecule has 22 heavy (non-hydrogen) atoms. The number of phenolic OH excluding ortho intramolecular Hbond substituents is 1. The number of aromatic hydroxyl groups is 1. The largest absolute Gasteiger partial charge is 0.507 e. The fourth-order valence-electron chi connectivity index (χ4n) is 4.25. The van der Waals surface area contributed by atoms with Crippen LogP contribution in [-0.2, 0) is 11.8 Å². The summed E-state index contributed by atoms with van der Waals surface area (Å²) in [5.41, 5.74) is 4.42. The summed E-state index contributed by atoms with van der Waals surface area (Å²) in [6.45, 7) is 11.4. The summed E-state index contributed by atoms with van der Waals surface area (Å²) in [6.07, 6.45) is 4.64. The number of benzene rings is 1. The third-order valence-electron chi connectivity index (χ3n) is 5.92. The average Bonchev–Trinajstić information content (AvgIpc) is 2.44. The Hall–Kier alpha value is -0.550. The van der Waals surface area contributed by atoms with E-state index in [4.69, 9.17) is 0 Å². The first-order valence-corrected chi connectivity index (χ1v) is 9.30. The second-order valence-electron chi connectivity index (χ2n) is 7.46. The monoisotopic (exact) mass is 411 g/mol. The van der Waals surface area contributed by atoms with Crippen molar-refractivity contribution in [3.8, 4) is 5.75 Å². The third kappa shape index (κ3) is 2.60. The van der Waals surface area contributed by atoms with Gasteiger partial charge >= 0.3 is 0 Å². The first-order chi connectivity index (χ1) is 10.3. The van der Waals surface area contributed by atoms with Gasteiger partial charge in [0.05, 0.1) is 3.57 Å². The molecule has 1 aromatic rings. The Labute approximate surface area is 147 Å². The maximum Gasteiger partial charge on any atom is 0.129 e. The molecule has 3 heteroatoms. The second-order valence-corrected chi connectivity index (χ2v) is 8.63. The Morgan fingerprint density at radius 2 is 2.18 bits per heavy atom. The number of nitrogens with zero attached hydrogens (tertiary/aromatic N) is 1. The van der Waals surface area contributed by atoms with Crippen molar-refractivity contribution in [1.29, 1.82) is 0 Å². The van der Waals surface area contributed by atoms with Gasteiger partial charge in [-0.1, -0.05) is 25.5 Å². The Morgan fingerprint density at radius 3 is 2.86 bits per heavy atom. The molecule has 3 rings (SSSR count). The van der Waals surface area contributed by atoms with E-state index < -0.39 is 0 Å². The molecule has 2 bridgehead atoms. The highest BCUT2D eigenvalue weighted by Crippen LogP contribution is 2.49. The lowest BCUT2D eigenvalue weighted by molar-refractivity contribution is 0.0396.